The second-order valence-electron chi connectivity index (χ2n) is 6.08. The fourth-order valence-corrected chi connectivity index (χ4v) is 2.92. The molecule has 1 aliphatic carbocycles. The van der Waals surface area contributed by atoms with E-state index in [1.165, 1.54) is 6.42 Å². The van der Waals surface area contributed by atoms with Crippen LogP contribution in [0.3, 0.4) is 0 Å². The van der Waals surface area contributed by atoms with E-state index in [0.717, 1.165) is 25.0 Å². The summed E-state index contributed by atoms with van der Waals surface area (Å²) in [4.78, 5) is 24.0. The number of hydrogen-bond donors (Lipinski definition) is 2. The highest BCUT2D eigenvalue weighted by atomic mass is 16.5. The minimum atomic E-state index is -0.250. The maximum Gasteiger partial charge on any atom is 0.251 e. The van der Waals surface area contributed by atoms with Crippen LogP contribution in [0.5, 0.6) is 5.75 Å². The van der Waals surface area contributed by atoms with Gasteiger partial charge in [0.15, 0.2) is 0 Å². The molecule has 0 spiro atoms. The third-order valence-electron chi connectivity index (χ3n) is 4.29. The van der Waals surface area contributed by atoms with Crippen LogP contribution in [0.25, 0.3) is 0 Å². The van der Waals surface area contributed by atoms with E-state index in [1.54, 1.807) is 24.3 Å². The lowest BCUT2D eigenvalue weighted by Crippen LogP contribution is -2.45. The standard InChI is InChI=1S/C18H26N2O3/c1-3-23-15-10-8-14(9-11-15)18(22)19-12-17(21)20-16-7-5-4-6-13(16)2/h8-11,13,16H,3-7,12H2,1-2H3,(H,19,22)(H,20,21). The Kier molecular flexibility index (Phi) is 6.44. The minimum absolute atomic E-state index is 0.00919. The van der Waals surface area contributed by atoms with Gasteiger partial charge in [-0.3, -0.25) is 9.59 Å². The lowest BCUT2D eigenvalue weighted by atomic mass is 9.86. The largest absolute Gasteiger partial charge is 0.494 e. The highest BCUT2D eigenvalue weighted by molar-refractivity contribution is 5.96. The van der Waals surface area contributed by atoms with Crippen LogP contribution >= 0.6 is 0 Å². The van der Waals surface area contributed by atoms with E-state index in [-0.39, 0.29) is 24.4 Å². The molecule has 1 aromatic rings. The van der Waals surface area contributed by atoms with Crippen molar-refractivity contribution in [3.05, 3.63) is 29.8 Å². The molecule has 0 aliphatic heterocycles. The molecular weight excluding hydrogens is 292 g/mol. The molecule has 0 saturated heterocycles. The minimum Gasteiger partial charge on any atom is -0.494 e. The zero-order valence-corrected chi connectivity index (χ0v) is 13.9. The van der Waals surface area contributed by atoms with Gasteiger partial charge in [-0.05, 0) is 49.9 Å². The summed E-state index contributed by atoms with van der Waals surface area (Å²) < 4.78 is 5.34. The van der Waals surface area contributed by atoms with Crippen LogP contribution in [0.1, 0.15) is 49.9 Å². The van der Waals surface area contributed by atoms with Crippen molar-refractivity contribution in [1.82, 2.24) is 10.6 Å². The van der Waals surface area contributed by atoms with Gasteiger partial charge in [0.1, 0.15) is 5.75 Å². The predicted molar refractivity (Wildman–Crippen MR) is 89.5 cm³/mol. The molecule has 1 fully saturated rings. The zero-order chi connectivity index (χ0) is 16.7. The molecule has 2 unspecified atom stereocenters. The summed E-state index contributed by atoms with van der Waals surface area (Å²) in [6.07, 6.45) is 4.58. The van der Waals surface area contributed by atoms with Gasteiger partial charge in [-0.25, -0.2) is 0 Å². The summed E-state index contributed by atoms with van der Waals surface area (Å²) in [6.45, 7) is 4.68. The molecular formula is C18H26N2O3. The van der Waals surface area contributed by atoms with Crippen LogP contribution in [-0.4, -0.2) is 31.0 Å². The van der Waals surface area contributed by atoms with Crippen molar-refractivity contribution < 1.29 is 14.3 Å². The van der Waals surface area contributed by atoms with Crippen LogP contribution in [0.2, 0.25) is 0 Å². The normalized spacial score (nSPS) is 20.6. The fraction of sp³-hybridized carbons (Fsp3) is 0.556. The maximum absolute atomic E-state index is 12.0. The third-order valence-corrected chi connectivity index (χ3v) is 4.29. The molecule has 2 atom stereocenters. The molecule has 0 heterocycles. The number of nitrogens with one attached hydrogen (secondary N) is 2. The Balaban J connectivity index is 1.77. The Labute approximate surface area is 137 Å². The summed E-state index contributed by atoms with van der Waals surface area (Å²) in [5.41, 5.74) is 0.521. The first kappa shape index (κ1) is 17.3. The van der Waals surface area contributed by atoms with Gasteiger partial charge in [0, 0.05) is 11.6 Å². The van der Waals surface area contributed by atoms with E-state index in [0.29, 0.717) is 18.1 Å². The van der Waals surface area contributed by atoms with Crippen molar-refractivity contribution in [3.63, 3.8) is 0 Å². The van der Waals surface area contributed by atoms with Gasteiger partial charge in [0.05, 0.1) is 13.2 Å². The summed E-state index contributed by atoms with van der Waals surface area (Å²) in [5.74, 6) is 0.866. The molecule has 1 saturated carbocycles. The second-order valence-corrected chi connectivity index (χ2v) is 6.08. The van der Waals surface area contributed by atoms with Gasteiger partial charge in [0.2, 0.25) is 5.91 Å². The molecule has 5 nitrogen and oxygen atoms in total. The van der Waals surface area contributed by atoms with Crippen LogP contribution in [-0.2, 0) is 4.79 Å². The molecule has 0 aromatic heterocycles. The number of carbonyl (C=O) groups is 2. The Morgan fingerprint density at radius 1 is 1.17 bits per heavy atom. The highest BCUT2D eigenvalue weighted by Crippen LogP contribution is 2.23. The molecule has 5 heteroatoms. The quantitative estimate of drug-likeness (QED) is 0.847. The first-order valence-corrected chi connectivity index (χ1v) is 8.40. The third kappa shape index (κ3) is 5.27. The number of carbonyl (C=O) groups excluding carboxylic acids is 2. The second kappa shape index (κ2) is 8.56. The Morgan fingerprint density at radius 3 is 2.52 bits per heavy atom. The first-order valence-electron chi connectivity index (χ1n) is 8.40. The Morgan fingerprint density at radius 2 is 1.87 bits per heavy atom. The molecule has 0 radical (unpaired) electrons. The van der Waals surface area contributed by atoms with Gasteiger partial charge in [-0.15, -0.1) is 0 Å². The first-order chi connectivity index (χ1) is 11.1. The van der Waals surface area contributed by atoms with E-state index in [1.807, 2.05) is 6.92 Å². The van der Waals surface area contributed by atoms with E-state index in [9.17, 15) is 9.59 Å². The lowest BCUT2D eigenvalue weighted by Gasteiger charge is -2.29. The number of ether oxygens (including phenoxy) is 1. The van der Waals surface area contributed by atoms with Crippen molar-refractivity contribution in [2.75, 3.05) is 13.2 Å². The molecule has 1 aliphatic rings. The number of rotatable bonds is 6. The SMILES string of the molecule is CCOc1ccc(C(=O)NCC(=O)NC2CCCCC2C)cc1. The number of hydrogen-bond acceptors (Lipinski definition) is 3. The molecule has 2 rings (SSSR count). The van der Waals surface area contributed by atoms with Crippen molar-refractivity contribution in [2.45, 2.75) is 45.6 Å². The smallest absolute Gasteiger partial charge is 0.251 e. The molecule has 2 amide bonds. The van der Waals surface area contributed by atoms with Gasteiger partial charge >= 0.3 is 0 Å². The van der Waals surface area contributed by atoms with Gasteiger partial charge in [-0.2, -0.15) is 0 Å². The van der Waals surface area contributed by atoms with Gasteiger partial charge < -0.3 is 15.4 Å². The number of benzene rings is 1. The van der Waals surface area contributed by atoms with Crippen molar-refractivity contribution in [1.29, 1.82) is 0 Å². The van der Waals surface area contributed by atoms with Crippen LogP contribution in [0.15, 0.2) is 24.3 Å². The summed E-state index contributed by atoms with van der Waals surface area (Å²) in [7, 11) is 0. The molecule has 1 aromatic carbocycles. The average molecular weight is 318 g/mol. The van der Waals surface area contributed by atoms with E-state index < -0.39 is 0 Å². The predicted octanol–water partition coefficient (Wildman–Crippen LogP) is 2.51. The van der Waals surface area contributed by atoms with Crippen LogP contribution in [0, 0.1) is 5.92 Å². The monoisotopic (exact) mass is 318 g/mol. The molecule has 2 N–H and O–H groups in total. The molecule has 126 valence electrons. The average Bonchev–Trinajstić information content (AvgIpc) is 2.56. The van der Waals surface area contributed by atoms with Gasteiger partial charge in [-0.1, -0.05) is 19.8 Å². The lowest BCUT2D eigenvalue weighted by molar-refractivity contribution is -0.121. The van der Waals surface area contributed by atoms with Crippen molar-refractivity contribution >= 4 is 11.8 Å². The van der Waals surface area contributed by atoms with Crippen LogP contribution in [0.4, 0.5) is 0 Å². The fourth-order valence-electron chi connectivity index (χ4n) is 2.92. The molecule has 0 bridgehead atoms. The highest BCUT2D eigenvalue weighted by Gasteiger charge is 2.22. The summed E-state index contributed by atoms with van der Waals surface area (Å²) in [5, 5.41) is 5.69. The Bertz CT molecular complexity index is 528. The van der Waals surface area contributed by atoms with Crippen molar-refractivity contribution in [2.24, 2.45) is 5.92 Å². The van der Waals surface area contributed by atoms with Crippen molar-refractivity contribution in [3.8, 4) is 5.75 Å². The zero-order valence-electron chi connectivity index (χ0n) is 13.9. The van der Waals surface area contributed by atoms with E-state index >= 15 is 0 Å². The van der Waals surface area contributed by atoms with E-state index in [2.05, 4.69) is 17.6 Å². The van der Waals surface area contributed by atoms with E-state index in [4.69, 9.17) is 4.74 Å². The summed E-state index contributed by atoms with van der Waals surface area (Å²) in [6, 6.07) is 7.13. The summed E-state index contributed by atoms with van der Waals surface area (Å²) >= 11 is 0. The number of amides is 2. The molecule has 23 heavy (non-hydrogen) atoms. The van der Waals surface area contributed by atoms with Crippen LogP contribution < -0.4 is 15.4 Å². The maximum atomic E-state index is 12.0. The Hall–Kier alpha value is -2.04. The topological polar surface area (TPSA) is 67.4 Å². The van der Waals surface area contributed by atoms with Gasteiger partial charge in [0.25, 0.3) is 5.91 Å².